The first-order valence-electron chi connectivity index (χ1n) is 4.51. The summed E-state index contributed by atoms with van der Waals surface area (Å²) in [6.07, 6.45) is 1.73. The molecule has 82 valence electrons. The van der Waals surface area contributed by atoms with Crippen molar-refractivity contribution < 1.29 is 4.92 Å². The number of pyridine rings is 1. The maximum Gasteiger partial charge on any atom is 0.324 e. The molecule has 0 unspecified atom stereocenters. The molecule has 0 atom stereocenters. The summed E-state index contributed by atoms with van der Waals surface area (Å²) >= 11 is 2.73. The minimum atomic E-state index is -0.362. The number of nitrogens with zero attached hydrogens (tertiary/aromatic N) is 2. The molecule has 0 radical (unpaired) electrons. The maximum absolute atomic E-state index is 10.5. The molecule has 2 rings (SSSR count). The summed E-state index contributed by atoms with van der Waals surface area (Å²) in [6.45, 7) is 0. The van der Waals surface area contributed by atoms with Crippen molar-refractivity contribution in [3.63, 3.8) is 0 Å². The van der Waals surface area contributed by atoms with Crippen molar-refractivity contribution in [2.24, 2.45) is 0 Å². The second kappa shape index (κ2) is 5.09. The highest BCUT2D eigenvalue weighted by Crippen LogP contribution is 2.27. The largest absolute Gasteiger partial charge is 0.324 e. The SMILES string of the molecule is O=[N+]([O-])c1cc(CSc2ccccn2)cs1. The number of aromatic nitrogens is 1. The summed E-state index contributed by atoms with van der Waals surface area (Å²) in [5, 5.41) is 13.4. The van der Waals surface area contributed by atoms with Crippen molar-refractivity contribution in [3.8, 4) is 0 Å². The van der Waals surface area contributed by atoms with Gasteiger partial charge in [-0.3, -0.25) is 10.1 Å². The average Bonchev–Trinajstić information content (AvgIpc) is 2.76. The maximum atomic E-state index is 10.5. The zero-order valence-corrected chi connectivity index (χ0v) is 9.83. The summed E-state index contributed by atoms with van der Waals surface area (Å²) in [4.78, 5) is 14.3. The third-order valence-electron chi connectivity index (χ3n) is 1.84. The van der Waals surface area contributed by atoms with Crippen molar-refractivity contribution in [1.82, 2.24) is 4.98 Å². The van der Waals surface area contributed by atoms with E-state index >= 15 is 0 Å². The lowest BCUT2D eigenvalue weighted by Crippen LogP contribution is -1.82. The number of thioether (sulfide) groups is 1. The summed E-state index contributed by atoms with van der Waals surface area (Å²) in [7, 11) is 0. The van der Waals surface area contributed by atoms with Crippen molar-refractivity contribution in [2.75, 3.05) is 0 Å². The smallest absolute Gasteiger partial charge is 0.258 e. The fourth-order valence-corrected chi connectivity index (χ4v) is 2.75. The molecule has 0 aliphatic rings. The van der Waals surface area contributed by atoms with Crippen LogP contribution in [0.15, 0.2) is 40.9 Å². The molecule has 2 heterocycles. The molecule has 0 aliphatic carbocycles. The van der Waals surface area contributed by atoms with Gasteiger partial charge in [-0.05, 0) is 17.7 Å². The van der Waals surface area contributed by atoms with E-state index in [2.05, 4.69) is 4.98 Å². The van der Waals surface area contributed by atoms with Crippen LogP contribution in [0.5, 0.6) is 0 Å². The molecule has 0 saturated carbocycles. The number of thiophene rings is 1. The minimum absolute atomic E-state index is 0.191. The van der Waals surface area contributed by atoms with Crippen LogP contribution in [-0.4, -0.2) is 9.91 Å². The average molecular weight is 252 g/mol. The molecule has 0 fully saturated rings. The zero-order chi connectivity index (χ0) is 11.4. The van der Waals surface area contributed by atoms with E-state index in [1.54, 1.807) is 24.0 Å². The number of hydrogen-bond donors (Lipinski definition) is 0. The second-order valence-electron chi connectivity index (χ2n) is 3.01. The molecule has 6 heteroatoms. The number of rotatable bonds is 4. The molecule has 16 heavy (non-hydrogen) atoms. The molecule has 4 nitrogen and oxygen atoms in total. The van der Waals surface area contributed by atoms with Crippen LogP contribution in [0.1, 0.15) is 5.56 Å². The highest BCUT2D eigenvalue weighted by atomic mass is 32.2. The Morgan fingerprint density at radius 3 is 3.00 bits per heavy atom. The Kier molecular flexibility index (Phi) is 3.53. The molecular weight excluding hydrogens is 244 g/mol. The van der Waals surface area contributed by atoms with Crippen LogP contribution < -0.4 is 0 Å². The van der Waals surface area contributed by atoms with Gasteiger partial charge in [0.1, 0.15) is 0 Å². The highest BCUT2D eigenvalue weighted by Gasteiger charge is 2.09. The Morgan fingerprint density at radius 1 is 1.50 bits per heavy atom. The monoisotopic (exact) mass is 252 g/mol. The van der Waals surface area contributed by atoms with Gasteiger partial charge in [-0.2, -0.15) is 0 Å². The predicted molar refractivity (Wildman–Crippen MR) is 64.8 cm³/mol. The van der Waals surface area contributed by atoms with Gasteiger partial charge in [0.2, 0.25) is 0 Å². The Bertz CT molecular complexity index is 485. The van der Waals surface area contributed by atoms with Crippen LogP contribution in [0.4, 0.5) is 5.00 Å². The van der Waals surface area contributed by atoms with E-state index in [1.165, 1.54) is 0 Å². The summed E-state index contributed by atoms with van der Waals surface area (Å²) in [5.41, 5.74) is 0.965. The van der Waals surface area contributed by atoms with Gasteiger partial charge in [0.15, 0.2) is 0 Å². The van der Waals surface area contributed by atoms with Gasteiger partial charge in [0.05, 0.1) is 9.95 Å². The molecule has 2 aromatic heterocycles. The molecule has 0 spiro atoms. The topological polar surface area (TPSA) is 56.0 Å². The highest BCUT2D eigenvalue weighted by molar-refractivity contribution is 7.98. The van der Waals surface area contributed by atoms with Crippen molar-refractivity contribution in [3.05, 3.63) is 51.5 Å². The van der Waals surface area contributed by atoms with Gasteiger partial charge < -0.3 is 0 Å². The van der Waals surface area contributed by atoms with Gasteiger partial charge in [-0.15, -0.1) is 11.8 Å². The van der Waals surface area contributed by atoms with E-state index in [1.807, 2.05) is 23.6 Å². The Labute approximate surface area is 100 Å². The molecule has 0 aliphatic heterocycles. The predicted octanol–water partition coefficient (Wildman–Crippen LogP) is 3.34. The lowest BCUT2D eigenvalue weighted by Gasteiger charge is -1.96. The van der Waals surface area contributed by atoms with Gasteiger partial charge in [0.25, 0.3) is 0 Å². The van der Waals surface area contributed by atoms with E-state index in [0.717, 1.165) is 21.9 Å². The molecule has 0 N–H and O–H groups in total. The van der Waals surface area contributed by atoms with Crippen LogP contribution in [0.25, 0.3) is 0 Å². The Morgan fingerprint density at radius 2 is 2.38 bits per heavy atom. The van der Waals surface area contributed by atoms with E-state index < -0.39 is 0 Å². The summed E-state index contributed by atoms with van der Waals surface area (Å²) < 4.78 is 0. The molecule has 0 amide bonds. The van der Waals surface area contributed by atoms with Gasteiger partial charge in [-0.25, -0.2) is 4.98 Å². The van der Waals surface area contributed by atoms with Crippen LogP contribution in [0.2, 0.25) is 0 Å². The number of nitro groups is 1. The Hall–Kier alpha value is -1.40. The minimum Gasteiger partial charge on any atom is -0.258 e. The van der Waals surface area contributed by atoms with Crippen molar-refractivity contribution in [1.29, 1.82) is 0 Å². The molecule has 0 saturated heterocycles. The first-order valence-corrected chi connectivity index (χ1v) is 6.38. The normalized spacial score (nSPS) is 10.2. The van der Waals surface area contributed by atoms with Gasteiger partial charge in [0, 0.05) is 23.4 Å². The van der Waals surface area contributed by atoms with Crippen LogP contribution in [-0.2, 0) is 5.75 Å². The van der Waals surface area contributed by atoms with Gasteiger partial charge >= 0.3 is 5.00 Å². The quantitative estimate of drug-likeness (QED) is 0.475. The third kappa shape index (κ3) is 2.80. The van der Waals surface area contributed by atoms with Gasteiger partial charge in [-0.1, -0.05) is 17.4 Å². The standard InChI is InChI=1S/C10H8N2O2S2/c13-12(14)10-5-8(7-16-10)6-15-9-3-1-2-4-11-9/h1-5,7H,6H2. The third-order valence-corrected chi connectivity index (χ3v) is 3.79. The van der Waals surface area contributed by atoms with Crippen LogP contribution in [0.3, 0.4) is 0 Å². The first kappa shape index (κ1) is 11.1. The molecule has 2 aromatic rings. The Balaban J connectivity index is 1.97. The van der Waals surface area contributed by atoms with Crippen LogP contribution >= 0.6 is 23.1 Å². The number of hydrogen-bond acceptors (Lipinski definition) is 5. The van der Waals surface area contributed by atoms with E-state index in [9.17, 15) is 10.1 Å². The summed E-state index contributed by atoms with van der Waals surface area (Å²) in [6, 6.07) is 7.32. The second-order valence-corrected chi connectivity index (χ2v) is 4.89. The van der Waals surface area contributed by atoms with E-state index in [-0.39, 0.29) is 9.92 Å². The lowest BCUT2D eigenvalue weighted by atomic mass is 10.4. The fourth-order valence-electron chi connectivity index (χ4n) is 1.12. The van der Waals surface area contributed by atoms with E-state index in [4.69, 9.17) is 0 Å². The molecular formula is C10H8N2O2S2. The van der Waals surface area contributed by atoms with Crippen molar-refractivity contribution >= 4 is 28.1 Å². The lowest BCUT2D eigenvalue weighted by molar-refractivity contribution is -0.380. The zero-order valence-electron chi connectivity index (χ0n) is 8.20. The molecule has 0 aromatic carbocycles. The van der Waals surface area contributed by atoms with Crippen LogP contribution in [0, 0.1) is 10.1 Å². The first-order chi connectivity index (χ1) is 7.75. The molecule has 0 bridgehead atoms. The fraction of sp³-hybridized carbons (Fsp3) is 0.100. The summed E-state index contributed by atoms with van der Waals surface area (Å²) in [5.74, 6) is 0.710. The van der Waals surface area contributed by atoms with Crippen molar-refractivity contribution in [2.45, 2.75) is 10.8 Å². The van der Waals surface area contributed by atoms with E-state index in [0.29, 0.717) is 5.75 Å².